The van der Waals surface area contributed by atoms with Gasteiger partial charge in [-0.05, 0) is 42.8 Å². The zero-order valence-electron chi connectivity index (χ0n) is 15.1. The van der Waals surface area contributed by atoms with E-state index in [1.54, 1.807) is 6.07 Å². The molecule has 5 nitrogen and oxygen atoms in total. The highest BCUT2D eigenvalue weighted by Crippen LogP contribution is 2.25. The van der Waals surface area contributed by atoms with E-state index in [9.17, 15) is 13.2 Å². The third kappa shape index (κ3) is 4.66. The van der Waals surface area contributed by atoms with Crippen LogP contribution in [0.4, 0.5) is 0 Å². The molecule has 0 unspecified atom stereocenters. The molecule has 3 aromatic rings. The first-order valence-electron chi connectivity index (χ1n) is 8.65. The number of thiazole rings is 1. The van der Waals surface area contributed by atoms with Crippen LogP contribution >= 0.6 is 34.5 Å². The summed E-state index contributed by atoms with van der Waals surface area (Å²) in [5.41, 5.74) is 0.844. The predicted octanol–water partition coefficient (Wildman–Crippen LogP) is 4.71. The van der Waals surface area contributed by atoms with Gasteiger partial charge in [-0.2, -0.15) is 4.99 Å². The number of halogens is 2. The average molecular weight is 457 g/mol. The molecule has 0 saturated heterocycles. The van der Waals surface area contributed by atoms with Crippen molar-refractivity contribution in [1.82, 2.24) is 4.57 Å². The lowest BCUT2D eigenvalue weighted by Gasteiger charge is -2.04. The summed E-state index contributed by atoms with van der Waals surface area (Å²) in [6.45, 7) is 2.69. The number of fused-ring (bicyclic) bond motifs is 1. The van der Waals surface area contributed by atoms with Gasteiger partial charge in [-0.1, -0.05) is 47.5 Å². The van der Waals surface area contributed by atoms with Crippen LogP contribution in [0.1, 0.15) is 19.8 Å². The molecule has 0 radical (unpaired) electrons. The number of nitrogens with zero attached hydrogens (tertiary/aromatic N) is 2. The Balaban J connectivity index is 1.86. The molecular formula is C19H18Cl2N2O3S2. The topological polar surface area (TPSA) is 68.5 Å². The van der Waals surface area contributed by atoms with E-state index < -0.39 is 15.7 Å². The largest absolute Gasteiger partial charge is 0.315 e. The van der Waals surface area contributed by atoms with Crippen LogP contribution in [-0.2, 0) is 21.2 Å². The monoisotopic (exact) mass is 456 g/mol. The molecule has 0 bridgehead atoms. The second-order valence-corrected chi connectivity index (χ2v) is 10.1. The second-order valence-electron chi connectivity index (χ2n) is 6.15. The predicted molar refractivity (Wildman–Crippen MR) is 114 cm³/mol. The summed E-state index contributed by atoms with van der Waals surface area (Å²) in [6, 6.07) is 11.5. The number of aromatic nitrogens is 1. The molecule has 0 aliphatic heterocycles. The molecule has 1 heterocycles. The number of hydrogen-bond acceptors (Lipinski definition) is 4. The Morgan fingerprint density at radius 2 is 1.86 bits per heavy atom. The summed E-state index contributed by atoms with van der Waals surface area (Å²) in [4.78, 5) is 17.2. The molecule has 1 aromatic heterocycles. The van der Waals surface area contributed by atoms with Crippen molar-refractivity contribution in [2.45, 2.75) is 31.2 Å². The standard InChI is InChI=1S/C19H18Cl2N2O3S2/c1-2-11-23-18-15(21)4-3-5-16(18)27-19(23)22-17(24)10-12-28(25,26)14-8-6-13(20)7-9-14/h3-9H,2,10-12H2,1H3. The number of aryl methyl sites for hydroxylation is 1. The van der Waals surface area contributed by atoms with Crippen molar-refractivity contribution in [3.8, 4) is 0 Å². The van der Waals surface area contributed by atoms with Crippen LogP contribution in [0.3, 0.4) is 0 Å². The molecule has 3 rings (SSSR count). The Hall–Kier alpha value is -1.67. The summed E-state index contributed by atoms with van der Waals surface area (Å²) in [7, 11) is -3.58. The van der Waals surface area contributed by atoms with Crippen LogP contribution in [0, 0.1) is 0 Å². The fourth-order valence-corrected chi connectivity index (χ4v) is 5.54. The molecule has 0 aliphatic rings. The van der Waals surface area contributed by atoms with Crippen molar-refractivity contribution in [3.63, 3.8) is 0 Å². The third-order valence-corrected chi connectivity index (χ3v) is 7.41. The van der Waals surface area contributed by atoms with Gasteiger partial charge in [-0.3, -0.25) is 4.79 Å². The Morgan fingerprint density at radius 1 is 1.14 bits per heavy atom. The molecule has 0 atom stereocenters. The van der Waals surface area contributed by atoms with E-state index in [4.69, 9.17) is 23.2 Å². The minimum atomic E-state index is -3.58. The number of benzene rings is 2. The van der Waals surface area contributed by atoms with Gasteiger partial charge >= 0.3 is 0 Å². The summed E-state index contributed by atoms with van der Waals surface area (Å²) in [5.74, 6) is -0.791. The lowest BCUT2D eigenvalue weighted by atomic mass is 10.3. The molecule has 0 fully saturated rings. The summed E-state index contributed by atoms with van der Waals surface area (Å²) >= 11 is 13.5. The van der Waals surface area contributed by atoms with Gasteiger partial charge < -0.3 is 4.57 Å². The van der Waals surface area contributed by atoms with Crippen LogP contribution in [0.5, 0.6) is 0 Å². The Kier molecular flexibility index (Phi) is 6.60. The maximum Gasteiger partial charge on any atom is 0.249 e. The number of hydrogen-bond donors (Lipinski definition) is 0. The van der Waals surface area contributed by atoms with E-state index in [0.29, 0.717) is 21.4 Å². The minimum absolute atomic E-state index is 0.138. The van der Waals surface area contributed by atoms with Gasteiger partial charge in [0.05, 0.1) is 25.9 Å². The highest BCUT2D eigenvalue weighted by atomic mass is 35.5. The van der Waals surface area contributed by atoms with Crippen molar-refractivity contribution < 1.29 is 13.2 Å². The fraction of sp³-hybridized carbons (Fsp3) is 0.263. The van der Waals surface area contributed by atoms with Crippen molar-refractivity contribution in [1.29, 1.82) is 0 Å². The van der Waals surface area contributed by atoms with Crippen molar-refractivity contribution in [2.24, 2.45) is 4.99 Å². The first-order valence-corrected chi connectivity index (χ1v) is 11.9. The van der Waals surface area contributed by atoms with Gasteiger partial charge in [0.25, 0.3) is 0 Å². The number of para-hydroxylation sites is 1. The van der Waals surface area contributed by atoms with Crippen LogP contribution < -0.4 is 4.80 Å². The van der Waals surface area contributed by atoms with Crippen LogP contribution in [0.2, 0.25) is 10.0 Å². The molecule has 0 N–H and O–H groups in total. The minimum Gasteiger partial charge on any atom is -0.315 e. The fourth-order valence-electron chi connectivity index (χ4n) is 2.75. The lowest BCUT2D eigenvalue weighted by Crippen LogP contribution is -2.18. The first-order chi connectivity index (χ1) is 13.3. The highest BCUT2D eigenvalue weighted by molar-refractivity contribution is 7.91. The normalized spacial score (nSPS) is 12.6. The Labute approximate surface area is 177 Å². The summed E-state index contributed by atoms with van der Waals surface area (Å²) < 4.78 is 27.6. The number of rotatable bonds is 6. The molecule has 9 heteroatoms. The van der Waals surface area contributed by atoms with Crippen LogP contribution in [-0.4, -0.2) is 24.6 Å². The SMILES string of the molecule is CCCn1c(=NC(=O)CCS(=O)(=O)c2ccc(Cl)cc2)sc2cccc(Cl)c21. The van der Waals surface area contributed by atoms with Crippen molar-refractivity contribution in [2.75, 3.05) is 5.75 Å². The Morgan fingerprint density at radius 3 is 2.54 bits per heavy atom. The van der Waals surface area contributed by atoms with E-state index in [1.807, 2.05) is 23.6 Å². The first kappa shape index (κ1) is 21.0. The van der Waals surface area contributed by atoms with E-state index in [-0.39, 0.29) is 17.1 Å². The molecule has 2 aromatic carbocycles. The van der Waals surface area contributed by atoms with E-state index in [0.717, 1.165) is 16.6 Å². The lowest BCUT2D eigenvalue weighted by molar-refractivity contribution is -0.117. The van der Waals surface area contributed by atoms with Crippen molar-refractivity contribution >= 4 is 60.5 Å². The molecule has 148 valence electrons. The van der Waals surface area contributed by atoms with Gasteiger partial charge in [0, 0.05) is 18.0 Å². The van der Waals surface area contributed by atoms with E-state index >= 15 is 0 Å². The second kappa shape index (κ2) is 8.78. The molecule has 0 aliphatic carbocycles. The van der Waals surface area contributed by atoms with Gasteiger partial charge in [0.2, 0.25) is 5.91 Å². The average Bonchev–Trinajstić information content (AvgIpc) is 2.99. The molecule has 1 amide bonds. The van der Waals surface area contributed by atoms with Crippen molar-refractivity contribution in [3.05, 3.63) is 57.3 Å². The molecular weight excluding hydrogens is 439 g/mol. The number of sulfone groups is 1. The quantitative estimate of drug-likeness (QED) is 0.538. The Bertz CT molecular complexity index is 1180. The zero-order valence-corrected chi connectivity index (χ0v) is 18.2. The van der Waals surface area contributed by atoms with Gasteiger partial charge in [-0.15, -0.1) is 0 Å². The maximum absolute atomic E-state index is 12.4. The summed E-state index contributed by atoms with van der Waals surface area (Å²) in [5, 5.41) is 1.05. The van der Waals surface area contributed by atoms with E-state index in [1.165, 1.54) is 35.6 Å². The number of carbonyl (C=O) groups excluding carboxylic acids is 1. The molecule has 28 heavy (non-hydrogen) atoms. The number of carbonyl (C=O) groups is 1. The smallest absolute Gasteiger partial charge is 0.249 e. The van der Waals surface area contributed by atoms with Gasteiger partial charge in [-0.25, -0.2) is 8.42 Å². The third-order valence-electron chi connectivity index (χ3n) is 4.08. The molecule has 0 saturated carbocycles. The van der Waals surface area contributed by atoms with Gasteiger partial charge in [0.15, 0.2) is 14.6 Å². The molecule has 0 spiro atoms. The maximum atomic E-state index is 12.4. The van der Waals surface area contributed by atoms with E-state index in [2.05, 4.69) is 4.99 Å². The van der Waals surface area contributed by atoms with Crippen LogP contribution in [0.15, 0.2) is 52.4 Å². The summed E-state index contributed by atoms with van der Waals surface area (Å²) in [6.07, 6.45) is 0.655. The number of amides is 1. The highest BCUT2D eigenvalue weighted by Gasteiger charge is 2.17. The van der Waals surface area contributed by atoms with Crippen LogP contribution in [0.25, 0.3) is 10.2 Å². The zero-order chi connectivity index (χ0) is 20.3. The van der Waals surface area contributed by atoms with Gasteiger partial charge in [0.1, 0.15) is 0 Å².